The van der Waals surface area contributed by atoms with Crippen molar-refractivity contribution in [2.75, 3.05) is 20.1 Å². The van der Waals surface area contributed by atoms with E-state index < -0.39 is 0 Å². The Labute approximate surface area is 101 Å². The number of hydrogen-bond donors (Lipinski definition) is 2. The third-order valence-corrected chi connectivity index (χ3v) is 3.12. The number of nitrogens with one attached hydrogen (secondary N) is 2. The molecule has 1 fully saturated rings. The molecule has 0 saturated carbocycles. The summed E-state index contributed by atoms with van der Waals surface area (Å²) in [6, 6.07) is 0.391. The van der Waals surface area contributed by atoms with Crippen LogP contribution in [0.4, 0.5) is 0 Å². The van der Waals surface area contributed by atoms with E-state index in [2.05, 4.69) is 20.5 Å². The highest BCUT2D eigenvalue weighted by Crippen LogP contribution is 2.13. The second-order valence-electron chi connectivity index (χ2n) is 4.72. The van der Waals surface area contributed by atoms with Gasteiger partial charge in [-0.1, -0.05) is 13.8 Å². The van der Waals surface area contributed by atoms with Gasteiger partial charge in [0, 0.05) is 25.0 Å². The van der Waals surface area contributed by atoms with Crippen LogP contribution in [-0.2, 0) is 0 Å². The summed E-state index contributed by atoms with van der Waals surface area (Å²) in [5, 5.41) is 9.98. The maximum absolute atomic E-state index is 12.1. The van der Waals surface area contributed by atoms with Crippen LogP contribution in [0, 0.1) is 0 Å². The van der Waals surface area contributed by atoms with Gasteiger partial charge in [-0.2, -0.15) is 0 Å². The third-order valence-electron chi connectivity index (χ3n) is 3.12. The van der Waals surface area contributed by atoms with Crippen molar-refractivity contribution in [1.29, 1.82) is 0 Å². The van der Waals surface area contributed by atoms with Gasteiger partial charge in [-0.05, 0) is 13.5 Å². The molecule has 1 aromatic heterocycles. The van der Waals surface area contributed by atoms with Crippen LogP contribution in [0.3, 0.4) is 0 Å². The Kier molecular flexibility index (Phi) is 3.42. The average molecular weight is 237 g/mol. The van der Waals surface area contributed by atoms with Crippen molar-refractivity contribution in [1.82, 2.24) is 25.4 Å². The summed E-state index contributed by atoms with van der Waals surface area (Å²) in [6.07, 6.45) is 0.990. The molecule has 1 aromatic rings. The molecular formula is C11H19N5O. The van der Waals surface area contributed by atoms with E-state index in [1.807, 2.05) is 20.9 Å². The number of aromatic nitrogens is 3. The molecule has 0 aliphatic carbocycles. The number of H-pyrrole nitrogens is 1. The molecule has 2 N–H and O–H groups in total. The Hall–Kier alpha value is -1.43. The zero-order chi connectivity index (χ0) is 12.4. The second kappa shape index (κ2) is 4.83. The van der Waals surface area contributed by atoms with E-state index in [9.17, 15) is 4.79 Å². The van der Waals surface area contributed by atoms with E-state index in [-0.39, 0.29) is 17.6 Å². The molecule has 94 valence electrons. The van der Waals surface area contributed by atoms with Crippen LogP contribution in [0.5, 0.6) is 0 Å². The van der Waals surface area contributed by atoms with Crippen LogP contribution in [0.1, 0.15) is 42.6 Å². The highest BCUT2D eigenvalue weighted by atomic mass is 16.2. The molecule has 0 aromatic carbocycles. The standard InChI is InChI=1S/C11H19N5O/c1-7(2)9-13-10(15-14-9)11(17)16-5-4-8(6-16)12-3/h7-8,12H,4-6H2,1-3H3,(H,13,14,15). The van der Waals surface area contributed by atoms with E-state index in [1.54, 1.807) is 4.90 Å². The molecule has 2 heterocycles. The lowest BCUT2D eigenvalue weighted by Gasteiger charge is -2.13. The molecule has 1 aliphatic heterocycles. The fraction of sp³-hybridized carbons (Fsp3) is 0.727. The number of aromatic amines is 1. The van der Waals surface area contributed by atoms with Crippen molar-refractivity contribution in [2.24, 2.45) is 0 Å². The van der Waals surface area contributed by atoms with Gasteiger partial charge in [-0.3, -0.25) is 9.89 Å². The number of hydrogen-bond acceptors (Lipinski definition) is 4. The van der Waals surface area contributed by atoms with Crippen molar-refractivity contribution in [2.45, 2.75) is 32.2 Å². The lowest BCUT2D eigenvalue weighted by molar-refractivity contribution is 0.0778. The Morgan fingerprint density at radius 2 is 2.35 bits per heavy atom. The second-order valence-corrected chi connectivity index (χ2v) is 4.72. The van der Waals surface area contributed by atoms with Gasteiger partial charge in [0.05, 0.1) is 0 Å². The summed E-state index contributed by atoms with van der Waals surface area (Å²) >= 11 is 0. The fourth-order valence-electron chi connectivity index (χ4n) is 1.95. The van der Waals surface area contributed by atoms with Crippen LogP contribution in [0.25, 0.3) is 0 Å². The first-order chi connectivity index (χ1) is 8.11. The number of carbonyl (C=O) groups excluding carboxylic acids is 1. The van der Waals surface area contributed by atoms with Crippen molar-refractivity contribution < 1.29 is 4.79 Å². The van der Waals surface area contributed by atoms with Crippen molar-refractivity contribution in [3.63, 3.8) is 0 Å². The van der Waals surface area contributed by atoms with Gasteiger partial charge in [0.2, 0.25) is 5.82 Å². The lowest BCUT2D eigenvalue weighted by Crippen LogP contribution is -2.34. The molecule has 0 spiro atoms. The molecule has 0 bridgehead atoms. The van der Waals surface area contributed by atoms with E-state index in [4.69, 9.17) is 0 Å². The van der Waals surface area contributed by atoms with Crippen LogP contribution in [0.15, 0.2) is 0 Å². The van der Waals surface area contributed by atoms with Gasteiger partial charge in [0.1, 0.15) is 5.82 Å². The van der Waals surface area contributed by atoms with Crippen molar-refractivity contribution in [3.8, 4) is 0 Å². The highest BCUT2D eigenvalue weighted by molar-refractivity contribution is 5.90. The first kappa shape index (κ1) is 12.0. The zero-order valence-corrected chi connectivity index (χ0v) is 10.5. The Balaban J connectivity index is 2.04. The van der Waals surface area contributed by atoms with Gasteiger partial charge in [-0.15, -0.1) is 5.10 Å². The Morgan fingerprint density at radius 3 is 2.88 bits per heavy atom. The van der Waals surface area contributed by atoms with Gasteiger partial charge >= 0.3 is 0 Å². The minimum absolute atomic E-state index is 0.0779. The molecule has 1 saturated heterocycles. The van der Waals surface area contributed by atoms with Gasteiger partial charge < -0.3 is 10.2 Å². The van der Waals surface area contributed by atoms with Gasteiger partial charge in [0.25, 0.3) is 5.91 Å². The summed E-state index contributed by atoms with van der Waals surface area (Å²) in [5.74, 6) is 1.22. The van der Waals surface area contributed by atoms with Gasteiger partial charge in [-0.25, -0.2) is 4.98 Å². The largest absolute Gasteiger partial charge is 0.334 e. The number of carbonyl (C=O) groups is 1. The maximum Gasteiger partial charge on any atom is 0.293 e. The number of amides is 1. The first-order valence-electron chi connectivity index (χ1n) is 6.00. The summed E-state index contributed by atoms with van der Waals surface area (Å²) in [5.41, 5.74) is 0. The Bertz CT molecular complexity index is 400. The number of likely N-dealkylation sites (N-methyl/N-ethyl adjacent to an activating group) is 1. The molecular weight excluding hydrogens is 218 g/mol. The molecule has 0 radical (unpaired) electrons. The summed E-state index contributed by atoms with van der Waals surface area (Å²) < 4.78 is 0. The summed E-state index contributed by atoms with van der Waals surface area (Å²) in [6.45, 7) is 5.54. The predicted molar refractivity (Wildman–Crippen MR) is 63.8 cm³/mol. The molecule has 1 amide bonds. The highest BCUT2D eigenvalue weighted by Gasteiger charge is 2.28. The zero-order valence-electron chi connectivity index (χ0n) is 10.5. The quantitative estimate of drug-likeness (QED) is 0.796. The van der Waals surface area contributed by atoms with E-state index in [1.165, 1.54) is 0 Å². The molecule has 6 heteroatoms. The normalized spacial score (nSPS) is 20.2. The molecule has 1 aliphatic rings. The van der Waals surface area contributed by atoms with Crippen molar-refractivity contribution >= 4 is 5.91 Å². The van der Waals surface area contributed by atoms with Crippen LogP contribution in [-0.4, -0.2) is 52.2 Å². The lowest BCUT2D eigenvalue weighted by atomic mass is 10.2. The SMILES string of the molecule is CNC1CCN(C(=O)c2n[nH]c(C(C)C)n2)C1. The number of rotatable bonds is 3. The first-order valence-corrected chi connectivity index (χ1v) is 6.00. The van der Waals surface area contributed by atoms with Crippen LogP contribution >= 0.6 is 0 Å². The maximum atomic E-state index is 12.1. The number of nitrogens with zero attached hydrogens (tertiary/aromatic N) is 3. The Morgan fingerprint density at radius 1 is 1.59 bits per heavy atom. The molecule has 17 heavy (non-hydrogen) atoms. The van der Waals surface area contributed by atoms with Gasteiger partial charge in [0.15, 0.2) is 0 Å². The van der Waals surface area contributed by atoms with Crippen LogP contribution in [0.2, 0.25) is 0 Å². The average Bonchev–Trinajstić information content (AvgIpc) is 2.97. The molecule has 2 rings (SSSR count). The summed E-state index contributed by atoms with van der Waals surface area (Å²) in [4.78, 5) is 18.1. The monoisotopic (exact) mass is 237 g/mol. The molecule has 1 atom stereocenters. The predicted octanol–water partition coefficient (Wildman–Crippen LogP) is 0.362. The molecule has 1 unspecified atom stereocenters. The van der Waals surface area contributed by atoms with Crippen LogP contribution < -0.4 is 5.32 Å². The minimum Gasteiger partial charge on any atom is -0.334 e. The van der Waals surface area contributed by atoms with E-state index in [0.717, 1.165) is 25.3 Å². The van der Waals surface area contributed by atoms with E-state index in [0.29, 0.717) is 6.04 Å². The molecule has 6 nitrogen and oxygen atoms in total. The topological polar surface area (TPSA) is 73.9 Å². The number of likely N-dealkylation sites (tertiary alicyclic amines) is 1. The fourth-order valence-corrected chi connectivity index (χ4v) is 1.95. The third kappa shape index (κ3) is 2.46. The van der Waals surface area contributed by atoms with Crippen molar-refractivity contribution in [3.05, 3.63) is 11.6 Å². The minimum atomic E-state index is -0.0779. The van der Waals surface area contributed by atoms with E-state index >= 15 is 0 Å². The smallest absolute Gasteiger partial charge is 0.293 e. The summed E-state index contributed by atoms with van der Waals surface area (Å²) in [7, 11) is 1.92.